The first-order chi connectivity index (χ1) is 13.5. The second kappa shape index (κ2) is 6.04. The summed E-state index contributed by atoms with van der Waals surface area (Å²) in [6.07, 6.45) is 7.14. The zero-order valence-electron chi connectivity index (χ0n) is 14.9. The first-order valence-corrected chi connectivity index (χ1v) is 8.85. The lowest BCUT2D eigenvalue weighted by Crippen LogP contribution is -2.44. The number of nitrogens with zero attached hydrogens (tertiary/aromatic N) is 4. The van der Waals surface area contributed by atoms with Gasteiger partial charge in [0.2, 0.25) is 0 Å². The highest BCUT2D eigenvalue weighted by atomic mass is 16.3. The molecule has 1 atom stereocenters. The van der Waals surface area contributed by atoms with Crippen molar-refractivity contribution in [2.45, 2.75) is 12.2 Å². The number of pyridine rings is 2. The quantitative estimate of drug-likeness (QED) is 0.565. The van der Waals surface area contributed by atoms with E-state index in [1.165, 1.54) is 11.1 Å². The summed E-state index contributed by atoms with van der Waals surface area (Å²) in [6.45, 7) is 0.182. The molecule has 1 amide bonds. The molecule has 0 saturated carbocycles. The van der Waals surface area contributed by atoms with Crippen molar-refractivity contribution in [3.8, 4) is 11.1 Å². The fourth-order valence-electron chi connectivity index (χ4n) is 3.57. The second-order valence-electron chi connectivity index (χ2n) is 6.82. The molecule has 2 radical (unpaired) electrons. The lowest BCUT2D eigenvalue weighted by molar-refractivity contribution is -0.0223. The molecule has 0 fully saturated rings. The van der Waals surface area contributed by atoms with Gasteiger partial charge in [-0.3, -0.25) is 9.78 Å². The molecule has 7 heteroatoms. The molecule has 0 spiro atoms. The number of amides is 1. The molecular weight excluding hydrogens is 351 g/mol. The van der Waals surface area contributed by atoms with E-state index in [0.29, 0.717) is 5.56 Å². The van der Waals surface area contributed by atoms with E-state index in [2.05, 4.69) is 9.97 Å². The van der Waals surface area contributed by atoms with Gasteiger partial charge in [0.05, 0.1) is 11.3 Å². The molecule has 1 N–H and O–H groups in total. The highest BCUT2D eigenvalue weighted by Gasteiger charge is 2.45. The molecule has 0 bridgehead atoms. The SMILES string of the molecule is [B]C1(O)c2ncccc2C(=O)N1Cc1ccc(-c2ccn3ccnc3c2)cc1. The van der Waals surface area contributed by atoms with Crippen LogP contribution in [0.1, 0.15) is 21.6 Å². The molecule has 4 heterocycles. The molecule has 1 aromatic carbocycles. The summed E-state index contributed by atoms with van der Waals surface area (Å²) >= 11 is 0. The van der Waals surface area contributed by atoms with E-state index in [-0.39, 0.29) is 18.1 Å². The number of carbonyl (C=O) groups is 1. The number of aliphatic hydroxyl groups is 1. The number of rotatable bonds is 3. The molecule has 28 heavy (non-hydrogen) atoms. The van der Waals surface area contributed by atoms with Gasteiger partial charge in [0, 0.05) is 31.3 Å². The number of fused-ring (bicyclic) bond motifs is 2. The van der Waals surface area contributed by atoms with Crippen LogP contribution >= 0.6 is 0 Å². The number of aromatic nitrogens is 3. The van der Waals surface area contributed by atoms with Crippen LogP contribution < -0.4 is 0 Å². The van der Waals surface area contributed by atoms with Gasteiger partial charge in [0.25, 0.3) is 5.91 Å². The number of imidazole rings is 1. The number of hydrogen-bond acceptors (Lipinski definition) is 4. The van der Waals surface area contributed by atoms with Gasteiger partial charge in [0.1, 0.15) is 11.3 Å². The van der Waals surface area contributed by atoms with Crippen LogP contribution in [0.2, 0.25) is 0 Å². The van der Waals surface area contributed by atoms with Gasteiger partial charge in [-0.1, -0.05) is 24.3 Å². The van der Waals surface area contributed by atoms with Gasteiger partial charge < -0.3 is 14.4 Å². The monoisotopic (exact) mass is 366 g/mol. The Kier molecular flexibility index (Phi) is 3.60. The molecule has 0 saturated heterocycles. The summed E-state index contributed by atoms with van der Waals surface area (Å²) in [6, 6.07) is 15.1. The van der Waals surface area contributed by atoms with Crippen molar-refractivity contribution >= 4 is 19.4 Å². The number of hydrogen-bond donors (Lipinski definition) is 1. The Balaban J connectivity index is 1.42. The lowest BCUT2D eigenvalue weighted by Gasteiger charge is -2.31. The minimum Gasteiger partial charge on any atom is -0.374 e. The zero-order chi connectivity index (χ0) is 19.3. The zero-order valence-corrected chi connectivity index (χ0v) is 14.9. The summed E-state index contributed by atoms with van der Waals surface area (Å²) < 4.78 is 1.95. The van der Waals surface area contributed by atoms with Gasteiger partial charge in [-0.05, 0) is 41.0 Å². The van der Waals surface area contributed by atoms with E-state index in [4.69, 9.17) is 7.85 Å². The molecular formula is C21H15BN4O2. The molecule has 3 aromatic heterocycles. The largest absolute Gasteiger partial charge is 0.374 e. The predicted molar refractivity (Wildman–Crippen MR) is 104 cm³/mol. The Morgan fingerprint density at radius 3 is 2.61 bits per heavy atom. The smallest absolute Gasteiger partial charge is 0.258 e. The van der Waals surface area contributed by atoms with Gasteiger partial charge >= 0.3 is 0 Å². The third-order valence-corrected chi connectivity index (χ3v) is 5.07. The van der Waals surface area contributed by atoms with Gasteiger partial charge in [0.15, 0.2) is 7.85 Å². The third-order valence-electron chi connectivity index (χ3n) is 5.07. The minimum atomic E-state index is -1.92. The molecule has 1 aliphatic rings. The third kappa shape index (κ3) is 2.51. The van der Waals surface area contributed by atoms with E-state index in [0.717, 1.165) is 22.3 Å². The van der Waals surface area contributed by atoms with Crippen LogP contribution in [0.25, 0.3) is 16.8 Å². The van der Waals surface area contributed by atoms with Crippen molar-refractivity contribution in [2.24, 2.45) is 0 Å². The van der Waals surface area contributed by atoms with Crippen molar-refractivity contribution in [1.82, 2.24) is 19.3 Å². The van der Waals surface area contributed by atoms with Crippen molar-refractivity contribution < 1.29 is 9.90 Å². The van der Waals surface area contributed by atoms with E-state index >= 15 is 0 Å². The van der Waals surface area contributed by atoms with E-state index < -0.39 is 5.62 Å². The number of carbonyl (C=O) groups excluding carboxylic acids is 1. The number of benzene rings is 1. The van der Waals surface area contributed by atoms with Crippen molar-refractivity contribution in [3.05, 3.63) is 90.1 Å². The topological polar surface area (TPSA) is 70.7 Å². The maximum Gasteiger partial charge on any atom is 0.258 e. The summed E-state index contributed by atoms with van der Waals surface area (Å²) in [7, 11) is 6.02. The average Bonchev–Trinajstić information content (AvgIpc) is 3.26. The van der Waals surface area contributed by atoms with Crippen LogP contribution in [-0.4, -0.2) is 38.1 Å². The minimum absolute atomic E-state index is 0.182. The summed E-state index contributed by atoms with van der Waals surface area (Å²) in [5, 5.41) is 10.7. The van der Waals surface area contributed by atoms with Crippen LogP contribution in [0.3, 0.4) is 0 Å². The molecule has 0 aliphatic carbocycles. The maximum atomic E-state index is 12.6. The van der Waals surface area contributed by atoms with E-state index in [1.807, 2.05) is 53.2 Å². The van der Waals surface area contributed by atoms with Crippen LogP contribution in [-0.2, 0) is 12.2 Å². The standard InChI is InChI=1S/C21H15BN4O2/c22-21(28)19-17(2-1-8-24-19)20(27)26(21)13-14-3-5-15(6-4-14)16-7-10-25-11-9-23-18(25)12-16/h1-12,28H,13H2. The molecule has 4 aromatic rings. The summed E-state index contributed by atoms with van der Waals surface area (Å²) in [4.78, 5) is 22.3. The summed E-state index contributed by atoms with van der Waals surface area (Å²) in [5.41, 5.74) is 2.42. The van der Waals surface area contributed by atoms with Crippen molar-refractivity contribution in [1.29, 1.82) is 0 Å². The Morgan fingerprint density at radius 2 is 1.82 bits per heavy atom. The fraction of sp³-hybridized carbons (Fsp3) is 0.0952. The Morgan fingerprint density at radius 1 is 1.00 bits per heavy atom. The van der Waals surface area contributed by atoms with Crippen LogP contribution in [0.4, 0.5) is 0 Å². The Bertz CT molecular complexity index is 1200. The predicted octanol–water partition coefficient (Wildman–Crippen LogP) is 2.32. The van der Waals surface area contributed by atoms with Gasteiger partial charge in [-0.25, -0.2) is 4.98 Å². The van der Waals surface area contributed by atoms with Gasteiger partial charge in [-0.15, -0.1) is 0 Å². The van der Waals surface area contributed by atoms with Crippen molar-refractivity contribution in [3.63, 3.8) is 0 Å². The van der Waals surface area contributed by atoms with Crippen LogP contribution in [0, 0.1) is 0 Å². The average molecular weight is 366 g/mol. The summed E-state index contributed by atoms with van der Waals surface area (Å²) in [5.74, 6) is -0.332. The first-order valence-electron chi connectivity index (χ1n) is 8.85. The molecule has 5 rings (SSSR count). The van der Waals surface area contributed by atoms with E-state index in [1.54, 1.807) is 18.3 Å². The van der Waals surface area contributed by atoms with Crippen LogP contribution in [0.15, 0.2) is 73.3 Å². The lowest BCUT2D eigenvalue weighted by atomic mass is 9.87. The van der Waals surface area contributed by atoms with Gasteiger partial charge in [-0.2, -0.15) is 0 Å². The van der Waals surface area contributed by atoms with Crippen LogP contribution in [0.5, 0.6) is 0 Å². The molecule has 1 unspecified atom stereocenters. The Labute approximate surface area is 162 Å². The molecule has 134 valence electrons. The molecule has 6 nitrogen and oxygen atoms in total. The highest BCUT2D eigenvalue weighted by molar-refractivity contribution is 6.19. The molecule has 1 aliphatic heterocycles. The highest BCUT2D eigenvalue weighted by Crippen LogP contribution is 2.34. The Hall–Kier alpha value is -3.45. The van der Waals surface area contributed by atoms with E-state index in [9.17, 15) is 9.90 Å². The second-order valence-corrected chi connectivity index (χ2v) is 6.82. The maximum absolute atomic E-state index is 12.6. The first kappa shape index (κ1) is 16.7. The van der Waals surface area contributed by atoms with Crippen molar-refractivity contribution in [2.75, 3.05) is 0 Å². The normalized spacial score (nSPS) is 18.6. The fourth-order valence-corrected chi connectivity index (χ4v) is 3.57.